The number of hydrogen-bond donors (Lipinski definition) is 1. The monoisotopic (exact) mass is 371 g/mol. The maximum Gasteiger partial charge on any atom is 0.258 e. The van der Waals surface area contributed by atoms with E-state index in [-0.39, 0.29) is 12.5 Å². The van der Waals surface area contributed by atoms with Crippen molar-refractivity contribution in [2.45, 2.75) is 19.4 Å². The summed E-state index contributed by atoms with van der Waals surface area (Å²) < 4.78 is 10.5. The molecular weight excluding hydrogens is 354 g/mol. The Balaban J connectivity index is 1.70. The summed E-state index contributed by atoms with van der Waals surface area (Å²) in [5.74, 6) is 0.767. The number of carbonyl (C=O) groups is 1. The fourth-order valence-electron chi connectivity index (χ4n) is 2.54. The van der Waals surface area contributed by atoms with Crippen LogP contribution in [-0.2, 0) is 11.2 Å². The topological polar surface area (TPSA) is 77.2 Å². The van der Waals surface area contributed by atoms with Crippen LogP contribution in [0.4, 0.5) is 0 Å². The molecule has 0 aliphatic rings. The molecular formula is C19H18ClN3O3. The summed E-state index contributed by atoms with van der Waals surface area (Å²) >= 11 is 5.94. The first-order valence-corrected chi connectivity index (χ1v) is 8.57. The molecule has 134 valence electrons. The maximum atomic E-state index is 12.4. The average molecular weight is 372 g/mol. The van der Waals surface area contributed by atoms with Gasteiger partial charge in [-0.05, 0) is 35.7 Å². The van der Waals surface area contributed by atoms with Crippen molar-refractivity contribution in [2.75, 3.05) is 6.61 Å². The normalized spacial score (nSPS) is 11.8. The molecule has 0 bridgehead atoms. The van der Waals surface area contributed by atoms with Crippen LogP contribution in [0.15, 0.2) is 59.4 Å². The number of benzene rings is 2. The molecule has 3 rings (SSSR count). The van der Waals surface area contributed by atoms with Gasteiger partial charge >= 0.3 is 0 Å². The van der Waals surface area contributed by atoms with Crippen LogP contribution in [0.5, 0.6) is 5.75 Å². The third-order valence-corrected chi connectivity index (χ3v) is 4.11. The number of carbonyl (C=O) groups excluding carboxylic acids is 1. The third-order valence-electron chi connectivity index (χ3n) is 3.86. The van der Waals surface area contributed by atoms with Gasteiger partial charge in [0.25, 0.3) is 5.91 Å². The highest BCUT2D eigenvalue weighted by Crippen LogP contribution is 2.22. The van der Waals surface area contributed by atoms with Gasteiger partial charge < -0.3 is 14.6 Å². The molecule has 1 atom stereocenters. The van der Waals surface area contributed by atoms with Gasteiger partial charge in [-0.2, -0.15) is 4.98 Å². The van der Waals surface area contributed by atoms with Gasteiger partial charge in [0.1, 0.15) is 11.8 Å². The second-order valence-corrected chi connectivity index (χ2v) is 6.03. The molecule has 0 saturated heterocycles. The number of para-hydroxylation sites is 1. The smallest absolute Gasteiger partial charge is 0.258 e. The minimum absolute atomic E-state index is 0.112. The van der Waals surface area contributed by atoms with E-state index < -0.39 is 6.04 Å². The summed E-state index contributed by atoms with van der Waals surface area (Å²) in [5, 5.41) is 7.31. The molecule has 1 N–H and O–H groups in total. The summed E-state index contributed by atoms with van der Waals surface area (Å²) in [6.07, 6.45) is 2.05. The molecule has 1 heterocycles. The van der Waals surface area contributed by atoms with Crippen LogP contribution in [0.25, 0.3) is 0 Å². The van der Waals surface area contributed by atoms with E-state index in [9.17, 15) is 4.79 Å². The van der Waals surface area contributed by atoms with Gasteiger partial charge in [-0.3, -0.25) is 4.79 Å². The zero-order valence-electron chi connectivity index (χ0n) is 14.2. The first kappa shape index (κ1) is 17.9. The van der Waals surface area contributed by atoms with Gasteiger partial charge in [0.05, 0.1) is 0 Å². The van der Waals surface area contributed by atoms with Crippen LogP contribution in [0.2, 0.25) is 5.02 Å². The predicted molar refractivity (Wildman–Crippen MR) is 97.1 cm³/mol. The lowest BCUT2D eigenvalue weighted by atomic mass is 10.1. The zero-order chi connectivity index (χ0) is 18.4. The highest BCUT2D eigenvalue weighted by atomic mass is 35.5. The minimum atomic E-state index is -0.552. The lowest BCUT2D eigenvalue weighted by Crippen LogP contribution is -2.34. The highest BCUT2D eigenvalue weighted by molar-refractivity contribution is 6.30. The van der Waals surface area contributed by atoms with Crippen molar-refractivity contribution >= 4 is 17.5 Å². The molecule has 26 heavy (non-hydrogen) atoms. The van der Waals surface area contributed by atoms with Crippen LogP contribution in [0.1, 0.15) is 29.9 Å². The lowest BCUT2D eigenvalue weighted by Gasteiger charge is -2.17. The van der Waals surface area contributed by atoms with E-state index in [2.05, 4.69) is 15.5 Å². The summed E-state index contributed by atoms with van der Waals surface area (Å²) in [4.78, 5) is 16.5. The molecule has 0 fully saturated rings. The van der Waals surface area contributed by atoms with E-state index in [1.54, 1.807) is 24.3 Å². The molecule has 7 heteroatoms. The number of hydrogen-bond acceptors (Lipinski definition) is 5. The SMILES string of the molecule is CCc1ccccc1OCC(=O)N[C@@H](c1ccc(Cl)cc1)c1ncon1. The minimum Gasteiger partial charge on any atom is -0.483 e. The molecule has 3 aromatic rings. The summed E-state index contributed by atoms with van der Waals surface area (Å²) in [7, 11) is 0. The second kappa shape index (κ2) is 8.49. The van der Waals surface area contributed by atoms with E-state index in [0.29, 0.717) is 16.6 Å². The van der Waals surface area contributed by atoms with Crippen molar-refractivity contribution in [3.05, 3.63) is 76.9 Å². The number of nitrogens with zero attached hydrogens (tertiary/aromatic N) is 2. The van der Waals surface area contributed by atoms with Crippen LogP contribution in [-0.4, -0.2) is 22.7 Å². The van der Waals surface area contributed by atoms with Crippen molar-refractivity contribution in [2.24, 2.45) is 0 Å². The number of aryl methyl sites for hydroxylation is 1. The molecule has 0 unspecified atom stereocenters. The Morgan fingerprint density at radius 3 is 2.69 bits per heavy atom. The Morgan fingerprint density at radius 2 is 2.00 bits per heavy atom. The van der Waals surface area contributed by atoms with Crippen molar-refractivity contribution in [3.8, 4) is 5.75 Å². The van der Waals surface area contributed by atoms with Crippen LogP contribution >= 0.6 is 11.6 Å². The largest absolute Gasteiger partial charge is 0.483 e. The van der Waals surface area contributed by atoms with Gasteiger partial charge in [-0.15, -0.1) is 0 Å². The van der Waals surface area contributed by atoms with Crippen molar-refractivity contribution < 1.29 is 14.1 Å². The average Bonchev–Trinajstić information content (AvgIpc) is 3.20. The standard InChI is InChI=1S/C19H18ClN3O3/c1-2-13-5-3-4-6-16(13)25-11-17(24)22-18(19-21-12-26-23-19)14-7-9-15(20)10-8-14/h3-10,12,18H,2,11H2,1H3,(H,22,24)/t18-/m0/s1. The molecule has 0 aliphatic heterocycles. The number of amides is 1. The van der Waals surface area contributed by atoms with Crippen molar-refractivity contribution in [3.63, 3.8) is 0 Å². The first-order valence-electron chi connectivity index (χ1n) is 8.19. The number of aromatic nitrogens is 2. The Labute approximate surface area is 156 Å². The van der Waals surface area contributed by atoms with Crippen LogP contribution < -0.4 is 10.1 Å². The van der Waals surface area contributed by atoms with E-state index in [4.69, 9.17) is 20.9 Å². The molecule has 1 amide bonds. The number of nitrogens with one attached hydrogen (secondary N) is 1. The lowest BCUT2D eigenvalue weighted by molar-refractivity contribution is -0.123. The molecule has 2 aromatic carbocycles. The maximum absolute atomic E-state index is 12.4. The zero-order valence-corrected chi connectivity index (χ0v) is 14.9. The Hall–Kier alpha value is -2.86. The Bertz CT molecular complexity index is 851. The highest BCUT2D eigenvalue weighted by Gasteiger charge is 2.21. The van der Waals surface area contributed by atoms with Gasteiger partial charge in [-0.1, -0.05) is 54.0 Å². The number of ether oxygens (including phenoxy) is 1. The summed E-state index contributed by atoms with van der Waals surface area (Å²) in [6, 6.07) is 14.2. The van der Waals surface area contributed by atoms with Crippen molar-refractivity contribution in [1.82, 2.24) is 15.5 Å². The third kappa shape index (κ3) is 4.40. The second-order valence-electron chi connectivity index (χ2n) is 5.59. The molecule has 0 radical (unpaired) electrons. The van der Waals surface area contributed by atoms with E-state index in [1.165, 1.54) is 6.39 Å². The van der Waals surface area contributed by atoms with Gasteiger partial charge in [0, 0.05) is 5.02 Å². The Morgan fingerprint density at radius 1 is 1.23 bits per heavy atom. The van der Waals surface area contributed by atoms with E-state index in [1.807, 2.05) is 31.2 Å². The van der Waals surface area contributed by atoms with Gasteiger partial charge in [-0.25, -0.2) is 0 Å². The van der Waals surface area contributed by atoms with E-state index in [0.717, 1.165) is 17.5 Å². The first-order chi connectivity index (χ1) is 12.7. The molecule has 0 spiro atoms. The quantitative estimate of drug-likeness (QED) is 0.687. The van der Waals surface area contributed by atoms with Gasteiger partial charge in [0.15, 0.2) is 12.4 Å². The fraction of sp³-hybridized carbons (Fsp3) is 0.211. The van der Waals surface area contributed by atoms with Crippen molar-refractivity contribution in [1.29, 1.82) is 0 Å². The number of rotatable bonds is 7. The van der Waals surface area contributed by atoms with Crippen LogP contribution in [0.3, 0.4) is 0 Å². The molecule has 0 aliphatic carbocycles. The summed E-state index contributed by atoms with van der Waals surface area (Å²) in [5.41, 5.74) is 1.84. The fourth-order valence-corrected chi connectivity index (χ4v) is 2.67. The van der Waals surface area contributed by atoms with Crippen LogP contribution in [0, 0.1) is 0 Å². The van der Waals surface area contributed by atoms with E-state index >= 15 is 0 Å². The molecule has 0 saturated carbocycles. The summed E-state index contributed by atoms with van der Waals surface area (Å²) in [6.45, 7) is 1.92. The van der Waals surface area contributed by atoms with Gasteiger partial charge in [0.2, 0.25) is 6.39 Å². The number of halogens is 1. The Kier molecular flexibility index (Phi) is 5.86. The molecule has 6 nitrogen and oxygen atoms in total. The molecule has 1 aromatic heterocycles. The predicted octanol–water partition coefficient (Wildman–Crippen LogP) is 3.57.